The van der Waals surface area contributed by atoms with Crippen LogP contribution in [-0.2, 0) is 6.54 Å². The summed E-state index contributed by atoms with van der Waals surface area (Å²) in [7, 11) is 0. The van der Waals surface area contributed by atoms with E-state index in [1.807, 2.05) is 36.4 Å². The van der Waals surface area contributed by atoms with E-state index < -0.39 is 0 Å². The molecule has 0 aliphatic carbocycles. The Morgan fingerprint density at radius 1 is 0.935 bits per heavy atom. The second-order valence-corrected chi connectivity index (χ2v) is 8.04. The molecule has 8 heteroatoms. The van der Waals surface area contributed by atoms with Gasteiger partial charge >= 0.3 is 0 Å². The van der Waals surface area contributed by atoms with Crippen molar-refractivity contribution in [3.8, 4) is 6.07 Å². The van der Waals surface area contributed by atoms with Crippen LogP contribution >= 0.6 is 11.6 Å². The first-order valence-electron chi connectivity index (χ1n) is 10.1. The molecule has 0 saturated carbocycles. The smallest absolute Gasteiger partial charge is 0.145 e. The van der Waals surface area contributed by atoms with Crippen LogP contribution in [0.2, 0.25) is 5.02 Å². The van der Waals surface area contributed by atoms with Gasteiger partial charge in [-0.25, -0.2) is 15.0 Å². The average Bonchev–Trinajstić information content (AvgIpc) is 2.79. The van der Waals surface area contributed by atoms with Gasteiger partial charge in [-0.05, 0) is 36.4 Å². The molecule has 1 fully saturated rings. The predicted molar refractivity (Wildman–Crippen MR) is 123 cm³/mol. The largest absolute Gasteiger partial charge is 0.383 e. The molecular formula is C23H20ClN7. The average molecular weight is 430 g/mol. The highest BCUT2D eigenvalue weighted by atomic mass is 35.5. The fourth-order valence-electron chi connectivity index (χ4n) is 4.00. The fraction of sp³-hybridized carbons (Fsp3) is 0.217. The van der Waals surface area contributed by atoms with Crippen molar-refractivity contribution in [3.05, 3.63) is 64.9 Å². The van der Waals surface area contributed by atoms with Crippen LogP contribution in [0.3, 0.4) is 0 Å². The van der Waals surface area contributed by atoms with Crippen molar-refractivity contribution in [2.45, 2.75) is 6.54 Å². The maximum Gasteiger partial charge on any atom is 0.145 e. The number of para-hydroxylation sites is 1. The van der Waals surface area contributed by atoms with Crippen molar-refractivity contribution in [2.24, 2.45) is 0 Å². The quantitative estimate of drug-likeness (QED) is 0.531. The number of hydrogen-bond donors (Lipinski definition) is 1. The molecule has 0 spiro atoms. The fourth-order valence-corrected chi connectivity index (χ4v) is 4.17. The molecule has 2 aromatic heterocycles. The summed E-state index contributed by atoms with van der Waals surface area (Å²) in [5.74, 6) is 2.07. The lowest BCUT2D eigenvalue weighted by molar-refractivity contribution is 0.244. The lowest BCUT2D eigenvalue weighted by Crippen LogP contribution is -2.46. The van der Waals surface area contributed by atoms with Gasteiger partial charge in [-0.2, -0.15) is 5.26 Å². The number of hydrogen-bond acceptors (Lipinski definition) is 7. The van der Waals surface area contributed by atoms with Crippen LogP contribution in [0.15, 0.2) is 48.5 Å². The molecule has 0 bridgehead atoms. The molecular weight excluding hydrogens is 410 g/mol. The van der Waals surface area contributed by atoms with Crippen LogP contribution in [0.25, 0.3) is 21.8 Å². The minimum Gasteiger partial charge on any atom is -0.383 e. The molecule has 7 nitrogen and oxygen atoms in total. The van der Waals surface area contributed by atoms with Crippen LogP contribution in [-0.4, -0.2) is 46.0 Å². The summed E-state index contributed by atoms with van der Waals surface area (Å²) in [4.78, 5) is 18.4. The SMILES string of the molecule is N#Cc1cc(N2CCN(Cc3nc(N)c4ccccc4n3)CC2)nc2ccc(Cl)cc12. The number of anilines is 2. The number of rotatable bonds is 3. The number of nitriles is 1. The van der Waals surface area contributed by atoms with E-state index in [-0.39, 0.29) is 0 Å². The molecule has 0 atom stereocenters. The Bertz CT molecular complexity index is 1320. The number of fused-ring (bicyclic) bond motifs is 2. The van der Waals surface area contributed by atoms with Gasteiger partial charge in [0.1, 0.15) is 17.5 Å². The molecule has 1 aliphatic heterocycles. The van der Waals surface area contributed by atoms with Crippen molar-refractivity contribution >= 4 is 45.0 Å². The van der Waals surface area contributed by atoms with Crippen molar-refractivity contribution in [1.82, 2.24) is 19.9 Å². The molecule has 0 radical (unpaired) electrons. The Hall–Kier alpha value is -3.47. The van der Waals surface area contributed by atoms with Crippen molar-refractivity contribution in [3.63, 3.8) is 0 Å². The molecule has 31 heavy (non-hydrogen) atoms. The number of nitrogens with zero attached hydrogens (tertiary/aromatic N) is 6. The number of nitrogens with two attached hydrogens (primary N) is 1. The van der Waals surface area contributed by atoms with E-state index in [4.69, 9.17) is 22.3 Å². The minimum atomic E-state index is 0.517. The second-order valence-electron chi connectivity index (χ2n) is 7.61. The third-order valence-electron chi connectivity index (χ3n) is 5.62. The zero-order chi connectivity index (χ0) is 21.4. The lowest BCUT2D eigenvalue weighted by atomic mass is 10.1. The molecule has 2 N–H and O–H groups in total. The Balaban J connectivity index is 1.32. The van der Waals surface area contributed by atoms with E-state index >= 15 is 0 Å². The van der Waals surface area contributed by atoms with E-state index in [1.54, 1.807) is 12.1 Å². The summed E-state index contributed by atoms with van der Waals surface area (Å²) in [6.07, 6.45) is 0. The number of halogens is 1. The normalized spacial score (nSPS) is 14.8. The molecule has 0 amide bonds. The zero-order valence-electron chi connectivity index (χ0n) is 16.8. The third kappa shape index (κ3) is 3.83. The minimum absolute atomic E-state index is 0.517. The Morgan fingerprint density at radius 2 is 1.71 bits per heavy atom. The molecule has 1 aliphatic rings. The van der Waals surface area contributed by atoms with Gasteiger partial charge < -0.3 is 10.6 Å². The topological polar surface area (TPSA) is 95.0 Å². The van der Waals surface area contributed by atoms with E-state index in [0.717, 1.165) is 59.6 Å². The standard InChI is InChI=1S/C23H20ClN7/c24-16-5-6-20-18(12-16)15(13-25)11-22(28-20)31-9-7-30(8-10-31)14-21-27-19-4-2-1-3-17(19)23(26)29-21/h1-6,11-12H,7-10,14H2,(H2,26,27,29). The van der Waals surface area contributed by atoms with Gasteiger partial charge in [-0.3, -0.25) is 4.90 Å². The molecule has 2 aromatic carbocycles. The highest BCUT2D eigenvalue weighted by Gasteiger charge is 2.20. The number of pyridine rings is 1. The monoisotopic (exact) mass is 429 g/mol. The van der Waals surface area contributed by atoms with Gasteiger partial charge in [0.25, 0.3) is 0 Å². The van der Waals surface area contributed by atoms with Crippen molar-refractivity contribution in [1.29, 1.82) is 5.26 Å². The van der Waals surface area contributed by atoms with Crippen LogP contribution in [0.1, 0.15) is 11.4 Å². The summed E-state index contributed by atoms with van der Waals surface area (Å²) < 4.78 is 0. The predicted octanol–water partition coefficient (Wildman–Crippen LogP) is 3.61. The number of benzene rings is 2. The van der Waals surface area contributed by atoms with Crippen LogP contribution in [0.5, 0.6) is 0 Å². The van der Waals surface area contributed by atoms with E-state index in [1.165, 1.54) is 0 Å². The maximum absolute atomic E-state index is 9.58. The van der Waals surface area contributed by atoms with E-state index in [9.17, 15) is 5.26 Å². The summed E-state index contributed by atoms with van der Waals surface area (Å²) in [6, 6.07) is 17.4. The first-order valence-corrected chi connectivity index (χ1v) is 10.5. The van der Waals surface area contributed by atoms with Gasteiger partial charge in [-0.15, -0.1) is 0 Å². The van der Waals surface area contributed by atoms with Crippen LogP contribution in [0.4, 0.5) is 11.6 Å². The molecule has 154 valence electrons. The second kappa shape index (κ2) is 7.99. The number of piperazine rings is 1. The van der Waals surface area contributed by atoms with Crippen molar-refractivity contribution < 1.29 is 0 Å². The highest BCUT2D eigenvalue weighted by Crippen LogP contribution is 2.26. The first kappa shape index (κ1) is 19.5. The van der Waals surface area contributed by atoms with Crippen molar-refractivity contribution in [2.75, 3.05) is 36.8 Å². The maximum atomic E-state index is 9.58. The molecule has 1 saturated heterocycles. The Kier molecular flexibility index (Phi) is 5.02. The summed E-state index contributed by atoms with van der Waals surface area (Å²) in [6.45, 7) is 3.95. The first-order chi connectivity index (χ1) is 15.1. The van der Waals surface area contributed by atoms with Gasteiger partial charge in [0.2, 0.25) is 0 Å². The van der Waals surface area contributed by atoms with Crippen LogP contribution < -0.4 is 10.6 Å². The van der Waals surface area contributed by atoms with Gasteiger partial charge in [0.15, 0.2) is 0 Å². The highest BCUT2D eigenvalue weighted by molar-refractivity contribution is 6.31. The summed E-state index contributed by atoms with van der Waals surface area (Å²) in [5, 5.41) is 11.8. The molecule has 4 aromatic rings. The molecule has 3 heterocycles. The van der Waals surface area contributed by atoms with E-state index in [2.05, 4.69) is 25.8 Å². The Morgan fingerprint density at radius 3 is 2.52 bits per heavy atom. The van der Waals surface area contributed by atoms with Gasteiger partial charge in [0, 0.05) is 42.0 Å². The van der Waals surface area contributed by atoms with Gasteiger partial charge in [-0.1, -0.05) is 23.7 Å². The van der Waals surface area contributed by atoms with Crippen LogP contribution in [0, 0.1) is 11.3 Å². The lowest BCUT2D eigenvalue weighted by Gasteiger charge is -2.35. The van der Waals surface area contributed by atoms with E-state index in [0.29, 0.717) is 22.9 Å². The summed E-state index contributed by atoms with van der Waals surface area (Å²) in [5.41, 5.74) is 8.36. The molecule has 5 rings (SSSR count). The third-order valence-corrected chi connectivity index (χ3v) is 5.85. The Labute approximate surface area is 184 Å². The number of aromatic nitrogens is 3. The zero-order valence-corrected chi connectivity index (χ0v) is 17.5. The number of nitrogen functional groups attached to an aromatic ring is 1. The van der Waals surface area contributed by atoms with Gasteiger partial charge in [0.05, 0.1) is 29.2 Å². The summed E-state index contributed by atoms with van der Waals surface area (Å²) >= 11 is 6.09. The molecule has 0 unspecified atom stereocenters.